The van der Waals surface area contributed by atoms with Gasteiger partial charge in [0, 0.05) is 0 Å². The van der Waals surface area contributed by atoms with Crippen LogP contribution in [0.15, 0.2) is 41.5 Å². The van der Waals surface area contributed by atoms with Crippen molar-refractivity contribution < 1.29 is 14.6 Å². The molecule has 0 saturated heterocycles. The third-order valence-electron chi connectivity index (χ3n) is 3.69. The molecule has 0 aliphatic carbocycles. The van der Waals surface area contributed by atoms with Gasteiger partial charge in [-0.3, -0.25) is 4.79 Å². The first-order valence-corrected chi connectivity index (χ1v) is 9.19. The minimum atomic E-state index is -0.527. The zero-order chi connectivity index (χ0) is 19.4. The number of ether oxygens (including phenoxy) is 1. The zero-order valence-corrected chi connectivity index (χ0v) is 16.1. The lowest BCUT2D eigenvalue weighted by atomic mass is 10.2. The van der Waals surface area contributed by atoms with Crippen molar-refractivity contribution in [2.45, 2.75) is 13.0 Å². The average Bonchev–Trinajstić information content (AvgIpc) is 3.06. The molecule has 9 heteroatoms. The van der Waals surface area contributed by atoms with Crippen molar-refractivity contribution in [1.82, 2.24) is 10.4 Å². The van der Waals surface area contributed by atoms with Gasteiger partial charge < -0.3 is 15.2 Å². The summed E-state index contributed by atoms with van der Waals surface area (Å²) in [6, 6.07) is 10.3. The molecule has 0 saturated carbocycles. The van der Waals surface area contributed by atoms with Crippen LogP contribution in [0.5, 0.6) is 11.5 Å². The van der Waals surface area contributed by atoms with E-state index in [0.717, 1.165) is 10.2 Å². The predicted molar refractivity (Wildman–Crippen MR) is 108 cm³/mol. The summed E-state index contributed by atoms with van der Waals surface area (Å²) in [5.41, 5.74) is 3.91. The first-order valence-electron chi connectivity index (χ1n) is 7.99. The molecule has 0 fully saturated rings. The SMILES string of the molecule is COc1cc(/C=N/NC(=O)[C@@H](C)Nc2nc3ccccc3s2)cc(Cl)c1O. The van der Waals surface area contributed by atoms with E-state index in [9.17, 15) is 9.90 Å². The van der Waals surface area contributed by atoms with Gasteiger partial charge in [0.2, 0.25) is 0 Å². The Hall–Kier alpha value is -2.84. The van der Waals surface area contributed by atoms with Crippen molar-refractivity contribution in [3.05, 3.63) is 47.0 Å². The van der Waals surface area contributed by atoms with E-state index in [0.29, 0.717) is 10.7 Å². The Morgan fingerprint density at radius 2 is 2.19 bits per heavy atom. The number of phenolic OH excluding ortho intramolecular Hbond substituents is 1. The Labute approximate surface area is 164 Å². The molecule has 0 unspecified atom stereocenters. The summed E-state index contributed by atoms with van der Waals surface area (Å²) in [5, 5.41) is 17.5. The molecular weight excluding hydrogens is 388 g/mol. The van der Waals surface area contributed by atoms with Gasteiger partial charge in [0.1, 0.15) is 6.04 Å². The van der Waals surface area contributed by atoms with E-state index in [2.05, 4.69) is 20.8 Å². The van der Waals surface area contributed by atoms with Gasteiger partial charge in [-0.05, 0) is 36.8 Å². The summed E-state index contributed by atoms with van der Waals surface area (Å²) in [6.45, 7) is 1.72. The number of nitrogens with zero attached hydrogens (tertiary/aromatic N) is 2. The maximum atomic E-state index is 12.2. The molecule has 1 atom stereocenters. The highest BCUT2D eigenvalue weighted by Gasteiger charge is 2.14. The van der Waals surface area contributed by atoms with Crippen molar-refractivity contribution in [2.75, 3.05) is 12.4 Å². The molecule has 2 aromatic carbocycles. The van der Waals surface area contributed by atoms with Crippen LogP contribution in [-0.4, -0.2) is 35.4 Å². The predicted octanol–water partition coefficient (Wildman–Crippen LogP) is 3.61. The lowest BCUT2D eigenvalue weighted by Crippen LogP contribution is -2.34. The smallest absolute Gasteiger partial charge is 0.262 e. The molecular formula is C18H17ClN4O3S. The second-order valence-electron chi connectivity index (χ2n) is 5.64. The number of thiazole rings is 1. The van der Waals surface area contributed by atoms with Gasteiger partial charge in [-0.2, -0.15) is 5.10 Å². The average molecular weight is 405 g/mol. The number of hydrazone groups is 1. The zero-order valence-electron chi connectivity index (χ0n) is 14.6. The number of phenols is 1. The highest BCUT2D eigenvalue weighted by Crippen LogP contribution is 2.34. The molecule has 140 valence electrons. The summed E-state index contributed by atoms with van der Waals surface area (Å²) in [6.07, 6.45) is 1.41. The fourth-order valence-electron chi connectivity index (χ4n) is 2.28. The number of aromatic nitrogens is 1. The Morgan fingerprint density at radius 1 is 1.41 bits per heavy atom. The van der Waals surface area contributed by atoms with Crippen LogP contribution in [0.2, 0.25) is 5.02 Å². The van der Waals surface area contributed by atoms with Crippen LogP contribution in [0.3, 0.4) is 0 Å². The van der Waals surface area contributed by atoms with E-state index in [-0.39, 0.29) is 22.4 Å². The highest BCUT2D eigenvalue weighted by atomic mass is 35.5. The number of carbonyl (C=O) groups is 1. The molecule has 1 aromatic heterocycles. The summed E-state index contributed by atoms with van der Waals surface area (Å²) in [5.74, 6) is -0.238. The minimum absolute atomic E-state index is 0.132. The normalized spacial score (nSPS) is 12.3. The van der Waals surface area contributed by atoms with E-state index in [1.807, 2.05) is 24.3 Å². The van der Waals surface area contributed by atoms with Crippen molar-refractivity contribution in [2.24, 2.45) is 5.10 Å². The molecule has 7 nitrogen and oxygen atoms in total. The number of nitrogens with one attached hydrogen (secondary N) is 2. The van der Waals surface area contributed by atoms with Crippen LogP contribution < -0.4 is 15.5 Å². The number of anilines is 1. The number of carbonyl (C=O) groups excluding carboxylic acids is 1. The standard InChI is InChI=1S/C18H17ClN4O3S/c1-10(21-18-22-13-5-3-4-6-15(13)27-18)17(25)23-20-9-11-7-12(19)16(24)14(8-11)26-2/h3-10,24H,1-2H3,(H,21,22)(H,23,25)/b20-9+/t10-/m1/s1. The van der Waals surface area contributed by atoms with Crippen molar-refractivity contribution in [3.8, 4) is 11.5 Å². The molecule has 27 heavy (non-hydrogen) atoms. The number of halogens is 1. The Morgan fingerprint density at radius 3 is 2.93 bits per heavy atom. The molecule has 0 aliphatic rings. The van der Waals surface area contributed by atoms with Gasteiger partial charge in [0.05, 0.1) is 28.6 Å². The summed E-state index contributed by atoms with van der Waals surface area (Å²) in [7, 11) is 1.42. The van der Waals surface area contributed by atoms with Gasteiger partial charge in [-0.25, -0.2) is 10.4 Å². The van der Waals surface area contributed by atoms with Crippen LogP contribution in [0, 0.1) is 0 Å². The molecule has 0 bridgehead atoms. The van der Waals surface area contributed by atoms with E-state index in [1.165, 1.54) is 30.7 Å². The maximum Gasteiger partial charge on any atom is 0.262 e. The van der Waals surface area contributed by atoms with E-state index in [4.69, 9.17) is 16.3 Å². The molecule has 0 radical (unpaired) electrons. The van der Waals surface area contributed by atoms with E-state index in [1.54, 1.807) is 13.0 Å². The fraction of sp³-hybridized carbons (Fsp3) is 0.167. The Bertz CT molecular complexity index is 972. The van der Waals surface area contributed by atoms with Crippen molar-refractivity contribution in [3.63, 3.8) is 0 Å². The third kappa shape index (κ3) is 4.47. The maximum absolute atomic E-state index is 12.2. The first-order chi connectivity index (χ1) is 13.0. The lowest BCUT2D eigenvalue weighted by Gasteiger charge is -2.10. The number of rotatable bonds is 6. The first kappa shape index (κ1) is 18.9. The number of fused-ring (bicyclic) bond motifs is 1. The quantitative estimate of drug-likeness (QED) is 0.431. The summed E-state index contributed by atoms with van der Waals surface area (Å²) in [4.78, 5) is 16.6. The molecule has 0 aliphatic heterocycles. The number of hydrogen-bond acceptors (Lipinski definition) is 7. The van der Waals surface area contributed by atoms with Crippen molar-refractivity contribution in [1.29, 1.82) is 0 Å². The minimum Gasteiger partial charge on any atom is -0.503 e. The number of amides is 1. The van der Waals surface area contributed by atoms with Crippen molar-refractivity contribution >= 4 is 50.4 Å². The second-order valence-corrected chi connectivity index (χ2v) is 7.08. The van der Waals surface area contributed by atoms with Gasteiger partial charge >= 0.3 is 0 Å². The van der Waals surface area contributed by atoms with Crippen LogP contribution in [0.1, 0.15) is 12.5 Å². The van der Waals surface area contributed by atoms with Crippen LogP contribution in [0.4, 0.5) is 5.13 Å². The molecule has 3 N–H and O–H groups in total. The van der Waals surface area contributed by atoms with E-state index < -0.39 is 6.04 Å². The van der Waals surface area contributed by atoms with Crippen LogP contribution in [0.25, 0.3) is 10.2 Å². The lowest BCUT2D eigenvalue weighted by molar-refractivity contribution is -0.121. The number of aromatic hydroxyl groups is 1. The van der Waals surface area contributed by atoms with Crippen LogP contribution >= 0.6 is 22.9 Å². The van der Waals surface area contributed by atoms with Gasteiger partial charge in [-0.1, -0.05) is 35.1 Å². The fourth-order valence-corrected chi connectivity index (χ4v) is 3.45. The summed E-state index contributed by atoms with van der Waals surface area (Å²) >= 11 is 7.40. The number of para-hydroxylation sites is 1. The largest absolute Gasteiger partial charge is 0.503 e. The summed E-state index contributed by atoms with van der Waals surface area (Å²) < 4.78 is 6.07. The van der Waals surface area contributed by atoms with E-state index >= 15 is 0 Å². The molecule has 3 aromatic rings. The third-order valence-corrected chi connectivity index (χ3v) is 4.94. The number of benzene rings is 2. The second kappa shape index (κ2) is 8.24. The highest BCUT2D eigenvalue weighted by molar-refractivity contribution is 7.22. The molecule has 0 spiro atoms. The topological polar surface area (TPSA) is 95.8 Å². The van der Waals surface area contributed by atoms with Gasteiger partial charge in [0.25, 0.3) is 5.91 Å². The molecule has 3 rings (SSSR count). The molecule has 1 heterocycles. The monoisotopic (exact) mass is 404 g/mol. The number of methoxy groups -OCH3 is 1. The Balaban J connectivity index is 1.61. The number of hydrogen-bond donors (Lipinski definition) is 3. The van der Waals surface area contributed by atoms with Crippen LogP contribution in [-0.2, 0) is 4.79 Å². The molecule has 1 amide bonds. The Kier molecular flexibility index (Phi) is 5.78. The van der Waals surface area contributed by atoms with Gasteiger partial charge in [0.15, 0.2) is 16.6 Å². The van der Waals surface area contributed by atoms with Gasteiger partial charge in [-0.15, -0.1) is 0 Å².